The van der Waals surface area contributed by atoms with E-state index < -0.39 is 0 Å². The van der Waals surface area contributed by atoms with Crippen molar-refractivity contribution in [2.45, 2.75) is 6.92 Å². The minimum absolute atomic E-state index is 0.00677. The second kappa shape index (κ2) is 11.4. The van der Waals surface area contributed by atoms with E-state index in [1.807, 2.05) is 62.5 Å². The Bertz CT molecular complexity index is 774. The van der Waals surface area contributed by atoms with Gasteiger partial charge in [0.1, 0.15) is 24.7 Å². The molecular formula is C23H32N3O4+. The van der Waals surface area contributed by atoms with Crippen LogP contribution in [0.1, 0.15) is 6.92 Å². The fourth-order valence-electron chi connectivity index (χ4n) is 3.29. The lowest BCUT2D eigenvalue weighted by Gasteiger charge is -2.28. The van der Waals surface area contributed by atoms with Gasteiger partial charge in [-0.3, -0.25) is 4.79 Å². The maximum Gasteiger partial charge on any atom is 0.279 e. The Labute approximate surface area is 178 Å². The molecule has 7 nitrogen and oxygen atoms in total. The van der Waals surface area contributed by atoms with E-state index in [1.165, 1.54) is 0 Å². The van der Waals surface area contributed by atoms with Crippen LogP contribution < -0.4 is 24.6 Å². The van der Waals surface area contributed by atoms with E-state index >= 15 is 0 Å². The Kier molecular flexibility index (Phi) is 8.35. The molecule has 0 saturated carbocycles. The molecule has 30 heavy (non-hydrogen) atoms. The van der Waals surface area contributed by atoms with Crippen LogP contribution in [-0.4, -0.2) is 65.6 Å². The number of anilines is 2. The number of hydrogen-bond acceptors (Lipinski definition) is 5. The molecule has 1 heterocycles. The molecule has 0 radical (unpaired) electrons. The molecule has 3 rings (SSSR count). The number of carbonyl (C=O) groups is 1. The molecule has 0 aromatic heterocycles. The topological polar surface area (TPSA) is 64.5 Å². The van der Waals surface area contributed by atoms with Gasteiger partial charge in [0.15, 0.2) is 6.54 Å². The van der Waals surface area contributed by atoms with Gasteiger partial charge < -0.3 is 29.3 Å². The van der Waals surface area contributed by atoms with Crippen molar-refractivity contribution in [1.29, 1.82) is 0 Å². The number of ether oxygens (including phenoxy) is 3. The first-order chi connectivity index (χ1) is 14.6. The monoisotopic (exact) mass is 414 g/mol. The van der Waals surface area contributed by atoms with Gasteiger partial charge in [0.2, 0.25) is 0 Å². The van der Waals surface area contributed by atoms with Crippen LogP contribution in [0.4, 0.5) is 11.4 Å². The van der Waals surface area contributed by atoms with Crippen LogP contribution in [0.15, 0.2) is 48.5 Å². The van der Waals surface area contributed by atoms with E-state index in [9.17, 15) is 4.79 Å². The van der Waals surface area contributed by atoms with Crippen LogP contribution in [0.25, 0.3) is 0 Å². The lowest BCUT2D eigenvalue weighted by atomic mass is 10.2. The summed E-state index contributed by atoms with van der Waals surface area (Å²) in [4.78, 5) is 15.7. The first-order valence-electron chi connectivity index (χ1n) is 10.5. The van der Waals surface area contributed by atoms with Gasteiger partial charge in [0.05, 0.1) is 26.9 Å². The third-order valence-electron chi connectivity index (χ3n) is 4.92. The van der Waals surface area contributed by atoms with Crippen LogP contribution in [0.2, 0.25) is 0 Å². The first kappa shape index (κ1) is 21.9. The molecule has 1 atom stereocenters. The highest BCUT2D eigenvalue weighted by molar-refractivity contribution is 5.91. The normalized spacial score (nSPS) is 14.8. The molecule has 2 aromatic carbocycles. The average molecular weight is 415 g/mol. The van der Waals surface area contributed by atoms with Crippen molar-refractivity contribution in [3.05, 3.63) is 48.5 Å². The summed E-state index contributed by atoms with van der Waals surface area (Å²) in [7, 11) is 1.99. The number of benzene rings is 2. The number of nitrogens with one attached hydrogen (secondary N) is 2. The summed E-state index contributed by atoms with van der Waals surface area (Å²) in [6.45, 7) is 7.59. The third-order valence-corrected chi connectivity index (χ3v) is 4.92. The molecule has 2 N–H and O–H groups in total. The maximum atomic E-state index is 12.3. The summed E-state index contributed by atoms with van der Waals surface area (Å²) in [5.41, 5.74) is 1.97. The fraction of sp³-hybridized carbons (Fsp3) is 0.435. The molecule has 1 aliphatic rings. The van der Waals surface area contributed by atoms with Crippen LogP contribution in [0.3, 0.4) is 0 Å². The summed E-state index contributed by atoms with van der Waals surface area (Å²) in [5.74, 6) is 1.63. The molecule has 1 aliphatic heterocycles. The minimum Gasteiger partial charge on any atom is -0.494 e. The number of quaternary nitrogens is 1. The lowest BCUT2D eigenvalue weighted by molar-refractivity contribution is -0.871. The predicted octanol–water partition coefficient (Wildman–Crippen LogP) is 1.45. The average Bonchev–Trinajstić information content (AvgIpc) is 2.76. The van der Waals surface area contributed by atoms with Gasteiger partial charge in [-0.1, -0.05) is 0 Å². The number of nitrogens with zero attached hydrogens (tertiary/aromatic N) is 1. The van der Waals surface area contributed by atoms with Gasteiger partial charge in [-0.05, 0) is 55.5 Å². The van der Waals surface area contributed by atoms with Crippen LogP contribution in [0, 0.1) is 0 Å². The number of carbonyl (C=O) groups excluding carboxylic acids is 1. The van der Waals surface area contributed by atoms with Crippen molar-refractivity contribution in [2.75, 3.05) is 69.9 Å². The summed E-state index contributed by atoms with van der Waals surface area (Å²) in [5, 5.41) is 2.97. The van der Waals surface area contributed by atoms with E-state index in [0.29, 0.717) is 19.8 Å². The van der Waals surface area contributed by atoms with Crippen LogP contribution >= 0.6 is 0 Å². The van der Waals surface area contributed by atoms with Gasteiger partial charge in [0.25, 0.3) is 5.91 Å². The van der Waals surface area contributed by atoms with Crippen molar-refractivity contribution >= 4 is 17.3 Å². The zero-order valence-corrected chi connectivity index (χ0v) is 17.9. The highest BCUT2D eigenvalue weighted by Gasteiger charge is 2.13. The molecule has 1 unspecified atom stereocenters. The molecule has 0 bridgehead atoms. The van der Waals surface area contributed by atoms with Gasteiger partial charge in [0, 0.05) is 24.5 Å². The predicted molar refractivity (Wildman–Crippen MR) is 118 cm³/mol. The molecule has 1 saturated heterocycles. The Morgan fingerprint density at radius 2 is 1.67 bits per heavy atom. The summed E-state index contributed by atoms with van der Waals surface area (Å²) < 4.78 is 16.6. The van der Waals surface area contributed by atoms with Gasteiger partial charge in [-0.15, -0.1) is 0 Å². The van der Waals surface area contributed by atoms with Gasteiger partial charge >= 0.3 is 0 Å². The van der Waals surface area contributed by atoms with Crippen molar-refractivity contribution in [3.63, 3.8) is 0 Å². The van der Waals surface area contributed by atoms with E-state index in [2.05, 4.69) is 10.2 Å². The minimum atomic E-state index is -0.00677. The summed E-state index contributed by atoms with van der Waals surface area (Å²) >= 11 is 0. The van der Waals surface area contributed by atoms with Crippen LogP contribution in [0.5, 0.6) is 11.5 Å². The second-order valence-electron chi connectivity index (χ2n) is 7.33. The number of amides is 1. The van der Waals surface area contributed by atoms with Gasteiger partial charge in [-0.2, -0.15) is 0 Å². The van der Waals surface area contributed by atoms with E-state index in [1.54, 1.807) is 0 Å². The molecule has 162 valence electrons. The fourth-order valence-corrected chi connectivity index (χ4v) is 3.29. The Morgan fingerprint density at radius 1 is 1.03 bits per heavy atom. The summed E-state index contributed by atoms with van der Waals surface area (Å²) in [6.07, 6.45) is 0. The molecule has 0 aliphatic carbocycles. The lowest BCUT2D eigenvalue weighted by Crippen LogP contribution is -3.10. The summed E-state index contributed by atoms with van der Waals surface area (Å²) in [6, 6.07) is 15.6. The molecule has 0 spiro atoms. The number of hydrogen-bond donors (Lipinski definition) is 2. The van der Waals surface area contributed by atoms with Crippen molar-refractivity contribution < 1.29 is 23.9 Å². The van der Waals surface area contributed by atoms with Crippen molar-refractivity contribution in [2.24, 2.45) is 0 Å². The van der Waals surface area contributed by atoms with Crippen molar-refractivity contribution in [3.8, 4) is 11.5 Å². The highest BCUT2D eigenvalue weighted by atomic mass is 16.5. The SMILES string of the molecule is CCOc1ccc(OCC[NH+](C)CC(=O)Nc2ccc(N3CCOCC3)cc2)cc1. The quantitative estimate of drug-likeness (QED) is 0.616. The zero-order chi connectivity index (χ0) is 21.2. The Balaban J connectivity index is 1.36. The zero-order valence-electron chi connectivity index (χ0n) is 17.9. The smallest absolute Gasteiger partial charge is 0.279 e. The largest absolute Gasteiger partial charge is 0.494 e. The standard InChI is InChI=1S/C23H31N3O4/c1-3-29-21-8-10-22(11-9-21)30-17-12-25(2)18-23(27)24-19-4-6-20(7-5-19)26-13-15-28-16-14-26/h4-11H,3,12-18H2,1-2H3,(H,24,27)/p+1. The Hall–Kier alpha value is -2.77. The van der Waals surface area contributed by atoms with E-state index in [4.69, 9.17) is 14.2 Å². The molecule has 1 fully saturated rings. The first-order valence-corrected chi connectivity index (χ1v) is 10.5. The van der Waals surface area contributed by atoms with Crippen molar-refractivity contribution in [1.82, 2.24) is 0 Å². The van der Waals surface area contributed by atoms with Gasteiger partial charge in [-0.25, -0.2) is 0 Å². The molecule has 2 aromatic rings. The number of likely N-dealkylation sites (N-methyl/N-ethyl adjacent to an activating group) is 1. The van der Waals surface area contributed by atoms with E-state index in [-0.39, 0.29) is 5.91 Å². The molecule has 1 amide bonds. The third kappa shape index (κ3) is 6.93. The number of morpholine rings is 1. The maximum absolute atomic E-state index is 12.3. The molecular weight excluding hydrogens is 382 g/mol. The molecule has 7 heteroatoms. The highest BCUT2D eigenvalue weighted by Crippen LogP contribution is 2.19. The second-order valence-corrected chi connectivity index (χ2v) is 7.33. The number of rotatable bonds is 10. The Morgan fingerprint density at radius 3 is 2.30 bits per heavy atom. The van der Waals surface area contributed by atoms with Crippen LogP contribution in [-0.2, 0) is 9.53 Å². The van der Waals surface area contributed by atoms with E-state index in [0.717, 1.165) is 60.6 Å².